The predicted octanol–water partition coefficient (Wildman–Crippen LogP) is 2.51. The molecule has 2 aliphatic rings. The molecule has 1 aromatic carbocycles. The van der Waals surface area contributed by atoms with Crippen molar-refractivity contribution in [3.8, 4) is 0 Å². The van der Waals surface area contributed by atoms with Crippen LogP contribution in [-0.2, 0) is 9.59 Å². The van der Waals surface area contributed by atoms with Crippen molar-refractivity contribution in [1.82, 2.24) is 14.8 Å². The van der Waals surface area contributed by atoms with E-state index in [4.69, 9.17) is 4.98 Å². The largest absolute Gasteiger partial charge is 0.348 e. The van der Waals surface area contributed by atoms with Crippen molar-refractivity contribution in [2.45, 2.75) is 26.7 Å². The summed E-state index contributed by atoms with van der Waals surface area (Å²) < 4.78 is 1.23. The van der Waals surface area contributed by atoms with Gasteiger partial charge in [-0.3, -0.25) is 9.59 Å². The second-order valence-corrected chi connectivity index (χ2v) is 8.57. The van der Waals surface area contributed by atoms with E-state index in [2.05, 4.69) is 30.0 Å². The van der Waals surface area contributed by atoms with Gasteiger partial charge < -0.3 is 14.7 Å². The topological polar surface area (TPSA) is 56.8 Å². The molecule has 7 heteroatoms. The number of hydrogen-bond donors (Lipinski definition) is 0. The molecule has 0 spiro atoms. The van der Waals surface area contributed by atoms with E-state index in [9.17, 15) is 9.59 Å². The van der Waals surface area contributed by atoms with E-state index in [-0.39, 0.29) is 17.7 Å². The number of hydrogen-bond acceptors (Lipinski definition) is 5. The maximum absolute atomic E-state index is 12.8. The van der Waals surface area contributed by atoms with Gasteiger partial charge in [0.25, 0.3) is 0 Å². The lowest BCUT2D eigenvalue weighted by molar-refractivity contribution is -0.141. The van der Waals surface area contributed by atoms with Gasteiger partial charge in [-0.2, -0.15) is 0 Å². The van der Waals surface area contributed by atoms with Crippen molar-refractivity contribution < 1.29 is 9.59 Å². The highest BCUT2D eigenvalue weighted by atomic mass is 32.1. The van der Waals surface area contributed by atoms with Crippen molar-refractivity contribution >= 4 is 38.5 Å². The molecule has 2 fully saturated rings. The van der Waals surface area contributed by atoms with Crippen molar-refractivity contribution in [2.75, 3.05) is 44.2 Å². The van der Waals surface area contributed by atoms with E-state index in [1.165, 1.54) is 10.3 Å². The number of rotatable bonds is 2. The number of benzene rings is 1. The number of carbonyl (C=O) groups is 2. The van der Waals surface area contributed by atoms with Crippen LogP contribution in [-0.4, -0.2) is 65.9 Å². The molecule has 0 saturated carbocycles. The molecule has 2 aliphatic heterocycles. The molecule has 2 aromatic rings. The Hall–Kier alpha value is -2.15. The molecule has 2 amide bonds. The standard InChI is InChI=1S/C20H26N4O2S/c1-14-3-4-17-18(13-14)27-20(21-17)24-7-5-16(6-8-24)19(26)23-11-9-22(10-12-23)15(2)25/h3-4,13,16H,5-12H2,1-2H3. The van der Waals surface area contributed by atoms with E-state index in [1.54, 1.807) is 18.3 Å². The number of fused-ring (bicyclic) bond motifs is 1. The van der Waals surface area contributed by atoms with Crippen molar-refractivity contribution in [1.29, 1.82) is 0 Å². The summed E-state index contributed by atoms with van der Waals surface area (Å²) >= 11 is 1.74. The Labute approximate surface area is 163 Å². The number of amides is 2. The van der Waals surface area contributed by atoms with Gasteiger partial charge >= 0.3 is 0 Å². The fraction of sp³-hybridized carbons (Fsp3) is 0.550. The van der Waals surface area contributed by atoms with Crippen LogP contribution in [0.2, 0.25) is 0 Å². The number of nitrogens with zero attached hydrogens (tertiary/aromatic N) is 4. The first-order valence-corrected chi connectivity index (χ1v) is 10.5. The van der Waals surface area contributed by atoms with E-state index in [0.717, 1.165) is 36.6 Å². The maximum atomic E-state index is 12.8. The van der Waals surface area contributed by atoms with Gasteiger partial charge in [0.05, 0.1) is 10.2 Å². The average Bonchev–Trinajstić information content (AvgIpc) is 3.11. The van der Waals surface area contributed by atoms with E-state index >= 15 is 0 Å². The van der Waals surface area contributed by atoms with E-state index in [0.29, 0.717) is 26.2 Å². The third-order valence-corrected chi connectivity index (χ3v) is 6.76. The highest BCUT2D eigenvalue weighted by molar-refractivity contribution is 7.22. The fourth-order valence-electron chi connectivity index (χ4n) is 3.97. The number of aromatic nitrogens is 1. The molecule has 0 unspecified atom stereocenters. The van der Waals surface area contributed by atoms with Gasteiger partial charge in [0, 0.05) is 52.1 Å². The van der Waals surface area contributed by atoms with Gasteiger partial charge in [-0.15, -0.1) is 0 Å². The molecule has 27 heavy (non-hydrogen) atoms. The zero-order valence-electron chi connectivity index (χ0n) is 16.0. The summed E-state index contributed by atoms with van der Waals surface area (Å²) in [6.07, 6.45) is 1.75. The first-order valence-electron chi connectivity index (χ1n) is 9.68. The lowest BCUT2D eigenvalue weighted by Crippen LogP contribution is -2.52. The number of piperazine rings is 1. The van der Waals surface area contributed by atoms with E-state index < -0.39 is 0 Å². The van der Waals surface area contributed by atoms with Crippen LogP contribution in [0.15, 0.2) is 18.2 Å². The number of thiazole rings is 1. The molecule has 0 radical (unpaired) electrons. The Morgan fingerprint density at radius 1 is 1.04 bits per heavy atom. The van der Waals surface area contributed by atoms with Gasteiger partial charge in [0.15, 0.2) is 5.13 Å². The molecule has 0 N–H and O–H groups in total. The summed E-state index contributed by atoms with van der Waals surface area (Å²) in [5.74, 6) is 0.459. The molecular formula is C20H26N4O2S. The summed E-state index contributed by atoms with van der Waals surface area (Å²) in [7, 11) is 0. The summed E-state index contributed by atoms with van der Waals surface area (Å²) in [4.78, 5) is 35.1. The third kappa shape index (κ3) is 3.78. The Morgan fingerprint density at radius 3 is 2.37 bits per heavy atom. The molecule has 2 saturated heterocycles. The van der Waals surface area contributed by atoms with Gasteiger partial charge in [0.2, 0.25) is 11.8 Å². The molecule has 144 valence electrons. The number of carbonyl (C=O) groups excluding carboxylic acids is 2. The molecule has 4 rings (SSSR count). The second-order valence-electron chi connectivity index (χ2n) is 7.56. The van der Waals surface area contributed by atoms with Crippen LogP contribution >= 0.6 is 11.3 Å². The van der Waals surface area contributed by atoms with Crippen LogP contribution in [0.1, 0.15) is 25.3 Å². The summed E-state index contributed by atoms with van der Waals surface area (Å²) in [6.45, 7) is 8.09. The van der Waals surface area contributed by atoms with Gasteiger partial charge in [-0.1, -0.05) is 17.4 Å². The molecule has 6 nitrogen and oxygen atoms in total. The fourth-order valence-corrected chi connectivity index (χ4v) is 5.09. The van der Waals surface area contributed by atoms with Crippen LogP contribution in [0.3, 0.4) is 0 Å². The summed E-state index contributed by atoms with van der Waals surface area (Å²) in [5, 5.41) is 1.07. The van der Waals surface area contributed by atoms with Gasteiger partial charge in [0.1, 0.15) is 0 Å². The first kappa shape index (κ1) is 18.2. The second kappa shape index (κ2) is 7.46. The minimum atomic E-state index is 0.0986. The minimum Gasteiger partial charge on any atom is -0.348 e. The monoisotopic (exact) mass is 386 g/mol. The van der Waals surface area contributed by atoms with Crippen LogP contribution in [0.5, 0.6) is 0 Å². The predicted molar refractivity (Wildman–Crippen MR) is 108 cm³/mol. The lowest BCUT2D eigenvalue weighted by Gasteiger charge is -2.38. The SMILES string of the molecule is CC(=O)N1CCN(C(=O)C2CCN(c3nc4ccc(C)cc4s3)CC2)CC1. The van der Waals surface area contributed by atoms with E-state index in [1.807, 2.05) is 9.80 Å². The average molecular weight is 387 g/mol. The van der Waals surface area contributed by atoms with Crippen LogP contribution in [0.4, 0.5) is 5.13 Å². The Kier molecular flexibility index (Phi) is 5.04. The smallest absolute Gasteiger partial charge is 0.225 e. The Morgan fingerprint density at radius 2 is 1.70 bits per heavy atom. The number of aryl methyl sites for hydroxylation is 1. The third-order valence-electron chi connectivity index (χ3n) is 5.68. The molecular weight excluding hydrogens is 360 g/mol. The molecule has 0 bridgehead atoms. The molecule has 3 heterocycles. The zero-order chi connectivity index (χ0) is 19.0. The molecule has 1 aromatic heterocycles. The molecule has 0 aliphatic carbocycles. The highest BCUT2D eigenvalue weighted by Crippen LogP contribution is 2.32. The quantitative estimate of drug-likeness (QED) is 0.796. The van der Waals surface area contributed by atoms with Crippen LogP contribution in [0, 0.1) is 12.8 Å². The Balaban J connectivity index is 1.34. The maximum Gasteiger partial charge on any atom is 0.225 e. The number of piperidine rings is 1. The lowest BCUT2D eigenvalue weighted by atomic mass is 9.95. The van der Waals surface area contributed by atoms with Crippen molar-refractivity contribution in [2.24, 2.45) is 5.92 Å². The summed E-state index contributed by atoms with van der Waals surface area (Å²) in [5.41, 5.74) is 2.31. The highest BCUT2D eigenvalue weighted by Gasteiger charge is 2.31. The van der Waals surface area contributed by atoms with Gasteiger partial charge in [-0.05, 0) is 37.5 Å². The van der Waals surface area contributed by atoms with Crippen molar-refractivity contribution in [3.63, 3.8) is 0 Å². The van der Waals surface area contributed by atoms with Crippen LogP contribution < -0.4 is 4.90 Å². The first-order chi connectivity index (χ1) is 13.0. The van der Waals surface area contributed by atoms with Crippen LogP contribution in [0.25, 0.3) is 10.2 Å². The molecule has 0 atom stereocenters. The minimum absolute atomic E-state index is 0.0986. The Bertz CT molecular complexity index is 849. The number of anilines is 1. The normalized spacial score (nSPS) is 19.0. The van der Waals surface area contributed by atoms with Crippen molar-refractivity contribution in [3.05, 3.63) is 23.8 Å². The van der Waals surface area contributed by atoms with Gasteiger partial charge in [-0.25, -0.2) is 4.98 Å². The zero-order valence-corrected chi connectivity index (χ0v) is 16.8. The summed E-state index contributed by atoms with van der Waals surface area (Å²) in [6, 6.07) is 6.37.